The van der Waals surface area contributed by atoms with Crippen LogP contribution in [-0.4, -0.2) is 23.3 Å². The van der Waals surface area contributed by atoms with E-state index in [2.05, 4.69) is 0 Å². The molecule has 0 saturated heterocycles. The van der Waals surface area contributed by atoms with Crippen LogP contribution in [0.25, 0.3) is 0 Å². The summed E-state index contributed by atoms with van der Waals surface area (Å²) in [6, 6.07) is 0. The lowest BCUT2D eigenvalue weighted by Crippen LogP contribution is -2.51. The first-order valence-electron chi connectivity index (χ1n) is 5.79. The van der Waals surface area contributed by atoms with Crippen molar-refractivity contribution in [2.75, 3.05) is 6.61 Å². The molecule has 0 aromatic rings. The molecule has 1 N–H and O–H groups in total. The van der Waals surface area contributed by atoms with Gasteiger partial charge in [0.2, 0.25) is 0 Å². The van der Waals surface area contributed by atoms with Gasteiger partial charge in [0.1, 0.15) is 0 Å². The van der Waals surface area contributed by atoms with E-state index in [4.69, 9.17) is 4.74 Å². The van der Waals surface area contributed by atoms with Gasteiger partial charge in [0.25, 0.3) is 0 Å². The number of hydrogen-bond acceptors (Lipinski definition) is 3. The van der Waals surface area contributed by atoms with Gasteiger partial charge in [-0.25, -0.2) is 0 Å². The second-order valence-corrected chi connectivity index (χ2v) is 4.90. The quantitative estimate of drug-likeness (QED) is 0.713. The molecule has 0 spiro atoms. The van der Waals surface area contributed by atoms with E-state index >= 15 is 0 Å². The third-order valence-electron chi connectivity index (χ3n) is 3.66. The van der Waals surface area contributed by atoms with Gasteiger partial charge in [0, 0.05) is 0 Å². The average molecular weight is 214 g/mol. The second-order valence-electron chi connectivity index (χ2n) is 4.90. The van der Waals surface area contributed by atoms with Crippen LogP contribution < -0.4 is 0 Å². The molecule has 1 fully saturated rings. The van der Waals surface area contributed by atoms with Gasteiger partial charge < -0.3 is 9.84 Å². The smallest absolute Gasteiger partial charge is 0.314 e. The van der Waals surface area contributed by atoms with Crippen molar-refractivity contribution >= 4 is 5.97 Å². The van der Waals surface area contributed by atoms with Crippen molar-refractivity contribution in [2.45, 2.75) is 52.6 Å². The average Bonchev–Trinajstić information content (AvgIpc) is 3.00. The van der Waals surface area contributed by atoms with Crippen LogP contribution in [0.4, 0.5) is 0 Å². The van der Waals surface area contributed by atoms with Crippen LogP contribution in [0.5, 0.6) is 0 Å². The minimum atomic E-state index is -0.904. The fourth-order valence-corrected chi connectivity index (χ4v) is 2.29. The van der Waals surface area contributed by atoms with Gasteiger partial charge in [-0.05, 0) is 46.0 Å². The Balaban J connectivity index is 2.85. The van der Waals surface area contributed by atoms with E-state index in [-0.39, 0.29) is 11.9 Å². The van der Waals surface area contributed by atoms with Gasteiger partial charge in [-0.15, -0.1) is 0 Å². The largest absolute Gasteiger partial charge is 0.465 e. The Labute approximate surface area is 91.8 Å². The predicted octanol–water partition coefficient (Wildman–Crippen LogP) is 2.13. The molecule has 1 atom stereocenters. The first-order chi connectivity index (χ1) is 6.90. The number of ether oxygens (including phenoxy) is 1. The van der Waals surface area contributed by atoms with E-state index in [1.54, 1.807) is 20.8 Å². The van der Waals surface area contributed by atoms with Crippen molar-refractivity contribution < 1.29 is 14.6 Å². The third kappa shape index (κ3) is 2.03. The second kappa shape index (κ2) is 4.12. The summed E-state index contributed by atoms with van der Waals surface area (Å²) in [6.45, 7) is 7.65. The highest BCUT2D eigenvalue weighted by molar-refractivity contribution is 5.77. The molecule has 0 aromatic carbocycles. The fourth-order valence-electron chi connectivity index (χ4n) is 2.29. The molecule has 0 radical (unpaired) electrons. The van der Waals surface area contributed by atoms with Crippen LogP contribution in [0.1, 0.15) is 47.0 Å². The first-order valence-corrected chi connectivity index (χ1v) is 5.79. The summed E-state index contributed by atoms with van der Waals surface area (Å²) in [6.07, 6.45) is 2.64. The molecule has 0 amide bonds. The topological polar surface area (TPSA) is 46.5 Å². The summed E-state index contributed by atoms with van der Waals surface area (Å²) in [5.41, 5.74) is -1.71. The number of hydrogen-bond donors (Lipinski definition) is 1. The number of carbonyl (C=O) groups excluding carboxylic acids is 1. The SMILES string of the molecule is CCOC(=O)C(C)(C)C(O)(CC)C1CC1. The van der Waals surface area contributed by atoms with Gasteiger partial charge in [-0.2, -0.15) is 0 Å². The maximum absolute atomic E-state index is 11.8. The van der Waals surface area contributed by atoms with E-state index in [1.807, 2.05) is 6.92 Å². The summed E-state index contributed by atoms with van der Waals surface area (Å²) in [7, 11) is 0. The van der Waals surface area contributed by atoms with Crippen LogP contribution in [-0.2, 0) is 9.53 Å². The van der Waals surface area contributed by atoms with E-state index in [0.717, 1.165) is 12.8 Å². The highest BCUT2D eigenvalue weighted by Gasteiger charge is 2.56. The summed E-state index contributed by atoms with van der Waals surface area (Å²) < 4.78 is 5.03. The Morgan fingerprint density at radius 3 is 2.27 bits per heavy atom. The summed E-state index contributed by atoms with van der Waals surface area (Å²) >= 11 is 0. The molecule has 0 aromatic heterocycles. The molecule has 0 aliphatic heterocycles. The molecule has 3 heteroatoms. The van der Waals surface area contributed by atoms with Crippen molar-refractivity contribution in [2.24, 2.45) is 11.3 Å². The van der Waals surface area contributed by atoms with Crippen LogP contribution >= 0.6 is 0 Å². The summed E-state index contributed by atoms with van der Waals surface area (Å²) in [5.74, 6) is -0.0249. The lowest BCUT2D eigenvalue weighted by atomic mass is 9.70. The summed E-state index contributed by atoms with van der Waals surface area (Å²) in [5, 5.41) is 10.6. The summed E-state index contributed by atoms with van der Waals surface area (Å²) in [4.78, 5) is 11.8. The number of carbonyl (C=O) groups is 1. The number of esters is 1. The lowest BCUT2D eigenvalue weighted by Gasteiger charge is -2.40. The molecule has 1 unspecified atom stereocenters. The zero-order valence-electron chi connectivity index (χ0n) is 10.2. The van der Waals surface area contributed by atoms with E-state index < -0.39 is 11.0 Å². The highest BCUT2D eigenvalue weighted by atomic mass is 16.5. The molecule has 3 nitrogen and oxygen atoms in total. The van der Waals surface area contributed by atoms with Crippen LogP contribution in [0.15, 0.2) is 0 Å². The number of aliphatic hydroxyl groups is 1. The van der Waals surface area contributed by atoms with Gasteiger partial charge in [-0.1, -0.05) is 6.92 Å². The lowest BCUT2D eigenvalue weighted by molar-refractivity contribution is -0.174. The van der Waals surface area contributed by atoms with Crippen LogP contribution in [0.2, 0.25) is 0 Å². The Kier molecular flexibility index (Phi) is 3.44. The number of rotatable bonds is 5. The molecule has 88 valence electrons. The zero-order valence-corrected chi connectivity index (χ0v) is 10.2. The Morgan fingerprint density at radius 2 is 1.93 bits per heavy atom. The van der Waals surface area contributed by atoms with Crippen molar-refractivity contribution in [3.8, 4) is 0 Å². The fraction of sp³-hybridized carbons (Fsp3) is 0.917. The Bertz CT molecular complexity index is 243. The highest BCUT2D eigenvalue weighted by Crippen LogP contribution is 2.51. The van der Waals surface area contributed by atoms with E-state index in [9.17, 15) is 9.90 Å². The molecular weight excluding hydrogens is 192 g/mol. The van der Waals surface area contributed by atoms with Crippen molar-refractivity contribution in [3.63, 3.8) is 0 Å². The Morgan fingerprint density at radius 1 is 1.40 bits per heavy atom. The molecule has 0 heterocycles. The molecule has 0 bridgehead atoms. The van der Waals surface area contributed by atoms with Gasteiger partial charge in [0.05, 0.1) is 17.6 Å². The standard InChI is InChI=1S/C12H22O3/c1-5-12(14,9-7-8-9)11(3,4)10(13)15-6-2/h9,14H,5-8H2,1-4H3. The molecule has 1 aliphatic rings. The monoisotopic (exact) mass is 214 g/mol. The first kappa shape index (κ1) is 12.5. The molecule has 15 heavy (non-hydrogen) atoms. The van der Waals surface area contributed by atoms with Crippen LogP contribution in [0.3, 0.4) is 0 Å². The predicted molar refractivity (Wildman–Crippen MR) is 58.4 cm³/mol. The molecule has 1 saturated carbocycles. The maximum Gasteiger partial charge on any atom is 0.314 e. The molecular formula is C12H22O3. The van der Waals surface area contributed by atoms with Gasteiger partial charge >= 0.3 is 5.97 Å². The van der Waals surface area contributed by atoms with Gasteiger partial charge in [-0.3, -0.25) is 4.79 Å². The van der Waals surface area contributed by atoms with Gasteiger partial charge in [0.15, 0.2) is 0 Å². The van der Waals surface area contributed by atoms with Crippen LogP contribution in [0, 0.1) is 11.3 Å². The minimum absolute atomic E-state index is 0.266. The Hall–Kier alpha value is -0.570. The third-order valence-corrected chi connectivity index (χ3v) is 3.66. The molecule has 1 rings (SSSR count). The zero-order chi connectivity index (χ0) is 11.7. The minimum Gasteiger partial charge on any atom is -0.465 e. The van der Waals surface area contributed by atoms with E-state index in [1.165, 1.54) is 0 Å². The molecule has 1 aliphatic carbocycles. The van der Waals surface area contributed by atoms with Crippen molar-refractivity contribution in [3.05, 3.63) is 0 Å². The van der Waals surface area contributed by atoms with Crippen molar-refractivity contribution in [1.82, 2.24) is 0 Å². The van der Waals surface area contributed by atoms with Crippen molar-refractivity contribution in [1.29, 1.82) is 0 Å². The maximum atomic E-state index is 11.8. The van der Waals surface area contributed by atoms with E-state index in [0.29, 0.717) is 13.0 Å². The normalized spacial score (nSPS) is 20.9.